The molecule has 1 fully saturated rings. The molecule has 0 saturated heterocycles. The zero-order valence-electron chi connectivity index (χ0n) is 12.5. The van der Waals surface area contributed by atoms with E-state index in [2.05, 4.69) is 16.0 Å². The third kappa shape index (κ3) is 5.61. The molecule has 0 heterocycles. The van der Waals surface area contributed by atoms with E-state index in [1.54, 1.807) is 0 Å². The standard InChI is InChI=1S/C14H25N3O4/c1-2-15-11(18)6-9-16-13(21)17-10-14(12(19)20)7-4-3-5-8-14/h2-10H2,1H3,(H,15,18)(H,19,20)(H2,16,17,21). The molecular weight excluding hydrogens is 274 g/mol. The van der Waals surface area contributed by atoms with E-state index in [9.17, 15) is 19.5 Å². The Kier molecular flexibility index (Phi) is 6.98. The van der Waals surface area contributed by atoms with Crippen molar-refractivity contribution in [1.29, 1.82) is 0 Å². The van der Waals surface area contributed by atoms with Gasteiger partial charge >= 0.3 is 12.0 Å². The van der Waals surface area contributed by atoms with Gasteiger partial charge in [-0.15, -0.1) is 0 Å². The highest BCUT2D eigenvalue weighted by atomic mass is 16.4. The summed E-state index contributed by atoms with van der Waals surface area (Å²) in [4.78, 5) is 34.3. The van der Waals surface area contributed by atoms with Gasteiger partial charge in [-0.1, -0.05) is 19.3 Å². The number of carbonyl (C=O) groups excluding carboxylic acids is 2. The molecule has 3 amide bonds. The Morgan fingerprint density at radius 3 is 2.29 bits per heavy atom. The van der Waals surface area contributed by atoms with E-state index in [1.165, 1.54) is 0 Å². The lowest BCUT2D eigenvalue weighted by molar-refractivity contribution is -0.150. The molecule has 0 aliphatic heterocycles. The van der Waals surface area contributed by atoms with Gasteiger partial charge in [0.25, 0.3) is 0 Å². The van der Waals surface area contributed by atoms with Gasteiger partial charge in [0.05, 0.1) is 5.41 Å². The van der Waals surface area contributed by atoms with Gasteiger partial charge in [0.1, 0.15) is 0 Å². The van der Waals surface area contributed by atoms with Crippen molar-refractivity contribution in [2.24, 2.45) is 5.41 Å². The Hall–Kier alpha value is -1.79. The lowest BCUT2D eigenvalue weighted by Crippen LogP contribution is -2.47. The van der Waals surface area contributed by atoms with E-state index in [1.807, 2.05) is 6.92 Å². The van der Waals surface area contributed by atoms with Crippen LogP contribution in [0.2, 0.25) is 0 Å². The molecule has 1 aliphatic rings. The van der Waals surface area contributed by atoms with Crippen molar-refractivity contribution in [2.75, 3.05) is 19.6 Å². The maximum absolute atomic E-state index is 11.6. The highest BCUT2D eigenvalue weighted by molar-refractivity contribution is 5.79. The van der Waals surface area contributed by atoms with Crippen molar-refractivity contribution < 1.29 is 19.5 Å². The van der Waals surface area contributed by atoms with Crippen molar-refractivity contribution in [1.82, 2.24) is 16.0 Å². The van der Waals surface area contributed by atoms with E-state index < -0.39 is 17.4 Å². The molecule has 120 valence electrons. The molecule has 1 saturated carbocycles. The van der Waals surface area contributed by atoms with E-state index in [4.69, 9.17) is 0 Å². The normalized spacial score (nSPS) is 16.8. The summed E-state index contributed by atoms with van der Waals surface area (Å²) in [6.07, 6.45) is 4.22. The molecule has 1 aliphatic carbocycles. The molecule has 0 atom stereocenters. The Morgan fingerprint density at radius 1 is 1.05 bits per heavy atom. The van der Waals surface area contributed by atoms with Crippen molar-refractivity contribution in [3.05, 3.63) is 0 Å². The number of nitrogens with one attached hydrogen (secondary N) is 3. The lowest BCUT2D eigenvalue weighted by atomic mass is 9.74. The van der Waals surface area contributed by atoms with Crippen molar-refractivity contribution in [3.8, 4) is 0 Å². The van der Waals surface area contributed by atoms with Crippen LogP contribution in [0.4, 0.5) is 4.79 Å². The van der Waals surface area contributed by atoms with E-state index in [-0.39, 0.29) is 25.4 Å². The van der Waals surface area contributed by atoms with Crippen LogP contribution in [-0.2, 0) is 9.59 Å². The molecule has 1 rings (SSSR count). The van der Waals surface area contributed by atoms with Crippen molar-refractivity contribution >= 4 is 17.9 Å². The van der Waals surface area contributed by atoms with Crippen molar-refractivity contribution in [2.45, 2.75) is 45.4 Å². The smallest absolute Gasteiger partial charge is 0.314 e. The third-order valence-electron chi connectivity index (χ3n) is 3.86. The lowest BCUT2D eigenvalue weighted by Gasteiger charge is -2.33. The summed E-state index contributed by atoms with van der Waals surface area (Å²) in [6, 6.07) is -0.425. The topological polar surface area (TPSA) is 108 Å². The first-order valence-corrected chi connectivity index (χ1v) is 7.52. The third-order valence-corrected chi connectivity index (χ3v) is 3.86. The quantitative estimate of drug-likeness (QED) is 0.559. The number of carboxylic acids is 1. The highest BCUT2D eigenvalue weighted by Crippen LogP contribution is 2.35. The minimum atomic E-state index is -0.843. The summed E-state index contributed by atoms with van der Waals surface area (Å²) >= 11 is 0. The van der Waals surface area contributed by atoms with Gasteiger partial charge in [-0.05, 0) is 19.8 Å². The molecule has 4 N–H and O–H groups in total. The van der Waals surface area contributed by atoms with Crippen LogP contribution in [0.15, 0.2) is 0 Å². The van der Waals surface area contributed by atoms with Gasteiger partial charge in [0.2, 0.25) is 5.91 Å². The van der Waals surface area contributed by atoms with Crippen LogP contribution in [0.25, 0.3) is 0 Å². The first kappa shape index (κ1) is 17.3. The number of amides is 3. The first-order valence-electron chi connectivity index (χ1n) is 7.52. The predicted molar refractivity (Wildman–Crippen MR) is 77.9 cm³/mol. The second kappa shape index (κ2) is 8.49. The molecule has 21 heavy (non-hydrogen) atoms. The second-order valence-corrected chi connectivity index (χ2v) is 5.46. The fraction of sp³-hybridized carbons (Fsp3) is 0.786. The summed E-state index contributed by atoms with van der Waals surface area (Å²) < 4.78 is 0. The van der Waals surface area contributed by atoms with E-state index in [0.717, 1.165) is 19.3 Å². The monoisotopic (exact) mass is 299 g/mol. The summed E-state index contributed by atoms with van der Waals surface area (Å²) in [5.41, 5.74) is -0.838. The molecule has 7 heteroatoms. The van der Waals surface area contributed by atoms with Crippen LogP contribution in [-0.4, -0.2) is 42.6 Å². The van der Waals surface area contributed by atoms with E-state index in [0.29, 0.717) is 19.4 Å². The minimum Gasteiger partial charge on any atom is -0.481 e. The summed E-state index contributed by atoms with van der Waals surface area (Å²) in [6.45, 7) is 2.76. The molecular formula is C14H25N3O4. The van der Waals surface area contributed by atoms with Gasteiger partial charge < -0.3 is 21.1 Å². The van der Waals surface area contributed by atoms with Gasteiger partial charge in [0, 0.05) is 26.1 Å². The number of carbonyl (C=O) groups is 3. The predicted octanol–water partition coefficient (Wildman–Crippen LogP) is 0.847. The van der Waals surface area contributed by atoms with Crippen LogP contribution < -0.4 is 16.0 Å². The molecule has 0 radical (unpaired) electrons. The minimum absolute atomic E-state index is 0.118. The summed E-state index contributed by atoms with van der Waals surface area (Å²) in [5, 5.41) is 17.2. The number of rotatable bonds is 7. The number of aliphatic carboxylic acids is 1. The van der Waals surface area contributed by atoms with E-state index >= 15 is 0 Å². The van der Waals surface area contributed by atoms with Gasteiger partial charge in [-0.2, -0.15) is 0 Å². The Labute approximate surface area is 124 Å². The van der Waals surface area contributed by atoms with Gasteiger partial charge in [-0.25, -0.2) is 4.79 Å². The SMILES string of the molecule is CCNC(=O)CCNC(=O)NCC1(C(=O)O)CCCCC1. The molecule has 7 nitrogen and oxygen atoms in total. The fourth-order valence-corrected chi connectivity index (χ4v) is 2.58. The zero-order chi connectivity index (χ0) is 15.7. The Bertz CT molecular complexity index is 378. The largest absolute Gasteiger partial charge is 0.481 e. The number of hydrogen-bond acceptors (Lipinski definition) is 3. The molecule has 0 unspecified atom stereocenters. The summed E-state index contributed by atoms with van der Waals surface area (Å²) in [7, 11) is 0. The fourth-order valence-electron chi connectivity index (χ4n) is 2.58. The van der Waals surface area contributed by atoms with Crippen LogP contribution in [0.3, 0.4) is 0 Å². The molecule has 0 aromatic carbocycles. The Balaban J connectivity index is 2.30. The second-order valence-electron chi connectivity index (χ2n) is 5.46. The highest BCUT2D eigenvalue weighted by Gasteiger charge is 2.39. The average Bonchev–Trinajstić information content (AvgIpc) is 2.46. The molecule has 0 aromatic rings. The van der Waals surface area contributed by atoms with Crippen LogP contribution in [0.5, 0.6) is 0 Å². The molecule has 0 aromatic heterocycles. The summed E-state index contributed by atoms with van der Waals surface area (Å²) in [5.74, 6) is -0.961. The van der Waals surface area contributed by atoms with Crippen LogP contribution in [0, 0.1) is 5.41 Å². The van der Waals surface area contributed by atoms with Crippen LogP contribution >= 0.6 is 0 Å². The number of urea groups is 1. The first-order chi connectivity index (χ1) is 10.00. The number of hydrogen-bond donors (Lipinski definition) is 4. The number of carboxylic acid groups (broad SMARTS) is 1. The molecule has 0 bridgehead atoms. The maximum Gasteiger partial charge on any atom is 0.314 e. The van der Waals surface area contributed by atoms with Gasteiger partial charge in [0.15, 0.2) is 0 Å². The average molecular weight is 299 g/mol. The Morgan fingerprint density at radius 2 is 1.71 bits per heavy atom. The zero-order valence-corrected chi connectivity index (χ0v) is 12.5. The van der Waals surface area contributed by atoms with Crippen molar-refractivity contribution in [3.63, 3.8) is 0 Å². The van der Waals surface area contributed by atoms with Gasteiger partial charge in [-0.3, -0.25) is 9.59 Å². The van der Waals surface area contributed by atoms with Crippen LogP contribution in [0.1, 0.15) is 45.4 Å². The molecule has 0 spiro atoms. The maximum atomic E-state index is 11.6.